The number of amides is 1. The van der Waals surface area contributed by atoms with Gasteiger partial charge in [0.2, 0.25) is 0 Å². The SMILES string of the molecule is O=C(NC[C@]12COC[C@H]1CN(Cc1ccoc1)C2)c1ccnnc1. The lowest BCUT2D eigenvalue weighted by atomic mass is 9.81. The van der Waals surface area contributed by atoms with E-state index in [1.165, 1.54) is 18.0 Å². The molecule has 0 unspecified atom stereocenters. The number of fused-ring (bicyclic) bond motifs is 1. The summed E-state index contributed by atoms with van der Waals surface area (Å²) < 4.78 is 10.9. The molecule has 2 aliphatic rings. The molecular weight excluding hydrogens is 308 g/mol. The largest absolute Gasteiger partial charge is 0.472 e. The van der Waals surface area contributed by atoms with Crippen molar-refractivity contribution < 1.29 is 13.9 Å². The molecule has 7 heteroatoms. The molecule has 2 atom stereocenters. The number of carbonyl (C=O) groups is 1. The highest BCUT2D eigenvalue weighted by atomic mass is 16.5. The van der Waals surface area contributed by atoms with Crippen LogP contribution in [0.1, 0.15) is 15.9 Å². The van der Waals surface area contributed by atoms with Crippen LogP contribution in [-0.2, 0) is 11.3 Å². The normalized spacial score (nSPS) is 26.4. The fraction of sp³-hybridized carbons (Fsp3) is 0.471. The molecule has 2 fully saturated rings. The van der Waals surface area contributed by atoms with Crippen molar-refractivity contribution in [3.8, 4) is 0 Å². The van der Waals surface area contributed by atoms with Crippen molar-refractivity contribution in [3.05, 3.63) is 48.2 Å². The van der Waals surface area contributed by atoms with E-state index >= 15 is 0 Å². The van der Waals surface area contributed by atoms with E-state index in [9.17, 15) is 4.79 Å². The Labute approximate surface area is 140 Å². The molecule has 1 N–H and O–H groups in total. The van der Waals surface area contributed by atoms with E-state index in [4.69, 9.17) is 9.15 Å². The van der Waals surface area contributed by atoms with Crippen LogP contribution in [0.5, 0.6) is 0 Å². The number of rotatable bonds is 5. The molecular formula is C17H20N4O3. The lowest BCUT2D eigenvalue weighted by Gasteiger charge is -2.27. The van der Waals surface area contributed by atoms with Crippen molar-refractivity contribution in [3.63, 3.8) is 0 Å². The van der Waals surface area contributed by atoms with Gasteiger partial charge in [-0.25, -0.2) is 0 Å². The summed E-state index contributed by atoms with van der Waals surface area (Å²) in [5, 5.41) is 10.5. The first-order valence-electron chi connectivity index (χ1n) is 8.11. The maximum absolute atomic E-state index is 12.3. The van der Waals surface area contributed by atoms with Gasteiger partial charge in [-0.3, -0.25) is 9.69 Å². The van der Waals surface area contributed by atoms with Crippen LogP contribution < -0.4 is 5.32 Å². The molecule has 126 valence electrons. The third-order valence-electron chi connectivity index (χ3n) is 5.03. The summed E-state index contributed by atoms with van der Waals surface area (Å²) in [4.78, 5) is 14.7. The highest BCUT2D eigenvalue weighted by molar-refractivity contribution is 5.93. The summed E-state index contributed by atoms with van der Waals surface area (Å²) in [7, 11) is 0. The number of hydrogen-bond donors (Lipinski definition) is 1. The molecule has 2 aromatic rings. The molecule has 1 amide bonds. The number of nitrogens with one attached hydrogen (secondary N) is 1. The standard InChI is InChI=1S/C17H20N4O3/c22-16(14-1-3-19-20-5-14)18-10-17-11-21(6-13-2-4-23-8-13)7-15(17)9-24-12-17/h1-5,8,15H,6-7,9-12H2,(H,18,22)/t15-,17+/m1/s1. The zero-order chi connectivity index (χ0) is 16.4. The van der Waals surface area contributed by atoms with Gasteiger partial charge in [-0.1, -0.05) is 0 Å². The van der Waals surface area contributed by atoms with Crippen LogP contribution in [0.2, 0.25) is 0 Å². The van der Waals surface area contributed by atoms with Gasteiger partial charge in [-0.2, -0.15) is 10.2 Å². The Morgan fingerprint density at radius 1 is 1.42 bits per heavy atom. The van der Waals surface area contributed by atoms with Crippen LogP contribution in [0, 0.1) is 11.3 Å². The highest BCUT2D eigenvalue weighted by Gasteiger charge is 2.50. The quantitative estimate of drug-likeness (QED) is 0.880. The molecule has 0 radical (unpaired) electrons. The second kappa shape index (κ2) is 6.33. The molecule has 2 saturated heterocycles. The van der Waals surface area contributed by atoms with Crippen LogP contribution in [0.3, 0.4) is 0 Å². The third kappa shape index (κ3) is 2.92. The van der Waals surface area contributed by atoms with Gasteiger partial charge in [-0.15, -0.1) is 0 Å². The zero-order valence-electron chi connectivity index (χ0n) is 13.4. The Morgan fingerprint density at radius 3 is 3.17 bits per heavy atom. The third-order valence-corrected chi connectivity index (χ3v) is 5.03. The van der Waals surface area contributed by atoms with Gasteiger partial charge >= 0.3 is 0 Å². The van der Waals surface area contributed by atoms with Crippen molar-refractivity contribution in [2.75, 3.05) is 32.8 Å². The Bertz CT molecular complexity index is 691. The number of nitrogens with zero attached hydrogens (tertiary/aromatic N) is 3. The molecule has 0 saturated carbocycles. The molecule has 4 rings (SSSR count). The second-order valence-electron chi connectivity index (χ2n) is 6.69. The van der Waals surface area contributed by atoms with E-state index in [1.807, 2.05) is 6.07 Å². The van der Waals surface area contributed by atoms with Crippen LogP contribution in [0.4, 0.5) is 0 Å². The van der Waals surface area contributed by atoms with Gasteiger partial charge in [0.15, 0.2) is 0 Å². The topological polar surface area (TPSA) is 80.5 Å². The van der Waals surface area contributed by atoms with Crippen LogP contribution in [0.15, 0.2) is 41.5 Å². The summed E-state index contributed by atoms with van der Waals surface area (Å²) in [6, 6.07) is 3.66. The number of likely N-dealkylation sites (tertiary alicyclic amines) is 1. The fourth-order valence-corrected chi connectivity index (χ4v) is 3.74. The van der Waals surface area contributed by atoms with Crippen LogP contribution in [-0.4, -0.2) is 53.9 Å². The number of furan rings is 1. The van der Waals surface area contributed by atoms with Crippen molar-refractivity contribution in [2.45, 2.75) is 6.54 Å². The average molecular weight is 328 g/mol. The Hall–Kier alpha value is -2.25. The molecule has 0 bridgehead atoms. The highest BCUT2D eigenvalue weighted by Crippen LogP contribution is 2.41. The Kier molecular flexibility index (Phi) is 4.03. The Balaban J connectivity index is 1.40. The van der Waals surface area contributed by atoms with E-state index < -0.39 is 0 Å². The van der Waals surface area contributed by atoms with E-state index in [1.54, 1.807) is 18.6 Å². The van der Waals surface area contributed by atoms with Crippen molar-refractivity contribution in [1.29, 1.82) is 0 Å². The predicted octanol–water partition coefficient (Wildman–Crippen LogP) is 0.948. The van der Waals surface area contributed by atoms with Gasteiger partial charge in [0.05, 0.1) is 43.7 Å². The zero-order valence-corrected chi connectivity index (χ0v) is 13.4. The monoisotopic (exact) mass is 328 g/mol. The molecule has 2 aliphatic heterocycles. The molecule has 7 nitrogen and oxygen atoms in total. The van der Waals surface area contributed by atoms with Crippen LogP contribution >= 0.6 is 0 Å². The maximum atomic E-state index is 12.3. The maximum Gasteiger partial charge on any atom is 0.252 e. The molecule has 24 heavy (non-hydrogen) atoms. The number of ether oxygens (including phenoxy) is 1. The lowest BCUT2D eigenvalue weighted by Crippen LogP contribution is -2.43. The van der Waals surface area contributed by atoms with E-state index in [-0.39, 0.29) is 11.3 Å². The summed E-state index contributed by atoms with van der Waals surface area (Å²) in [6.45, 7) is 4.83. The fourth-order valence-electron chi connectivity index (χ4n) is 3.74. The Morgan fingerprint density at radius 2 is 2.38 bits per heavy atom. The van der Waals surface area contributed by atoms with Crippen LogP contribution in [0.25, 0.3) is 0 Å². The number of carbonyl (C=O) groups excluding carboxylic acids is 1. The molecule has 0 aromatic carbocycles. The molecule has 0 spiro atoms. The van der Waals surface area contributed by atoms with E-state index in [2.05, 4.69) is 20.4 Å². The van der Waals surface area contributed by atoms with Gasteiger partial charge < -0.3 is 14.5 Å². The minimum atomic E-state index is -0.113. The summed E-state index contributed by atoms with van der Waals surface area (Å²) in [5.41, 5.74) is 1.70. The smallest absolute Gasteiger partial charge is 0.252 e. The first-order chi connectivity index (χ1) is 11.8. The van der Waals surface area contributed by atoms with Gasteiger partial charge in [-0.05, 0) is 12.1 Å². The van der Waals surface area contributed by atoms with E-state index in [0.717, 1.165) is 26.2 Å². The summed E-state index contributed by atoms with van der Waals surface area (Å²) >= 11 is 0. The van der Waals surface area contributed by atoms with Gasteiger partial charge in [0, 0.05) is 43.1 Å². The van der Waals surface area contributed by atoms with Gasteiger partial charge in [0.1, 0.15) is 0 Å². The lowest BCUT2D eigenvalue weighted by molar-refractivity contribution is 0.0903. The van der Waals surface area contributed by atoms with Crippen molar-refractivity contribution >= 4 is 5.91 Å². The molecule has 0 aliphatic carbocycles. The first-order valence-corrected chi connectivity index (χ1v) is 8.11. The average Bonchev–Trinajstić information content (AvgIpc) is 3.30. The minimum absolute atomic E-state index is 0.0140. The summed E-state index contributed by atoms with van der Waals surface area (Å²) in [5.74, 6) is 0.332. The molecule has 4 heterocycles. The number of aromatic nitrogens is 2. The van der Waals surface area contributed by atoms with Crippen molar-refractivity contribution in [1.82, 2.24) is 20.4 Å². The number of hydrogen-bond acceptors (Lipinski definition) is 6. The van der Waals surface area contributed by atoms with Gasteiger partial charge in [0.25, 0.3) is 5.91 Å². The first kappa shape index (κ1) is 15.3. The summed E-state index contributed by atoms with van der Waals surface area (Å²) in [6.07, 6.45) is 6.50. The van der Waals surface area contributed by atoms with E-state index in [0.29, 0.717) is 24.6 Å². The second-order valence-corrected chi connectivity index (χ2v) is 6.69. The minimum Gasteiger partial charge on any atom is -0.472 e. The van der Waals surface area contributed by atoms with Crippen molar-refractivity contribution in [2.24, 2.45) is 11.3 Å². The predicted molar refractivity (Wildman–Crippen MR) is 85.1 cm³/mol. The molecule has 2 aromatic heterocycles.